The molecule has 1 rings (SSSR count). The Bertz CT molecular complexity index is 189. The van der Waals surface area contributed by atoms with Crippen LogP contribution in [-0.2, 0) is 0 Å². The third-order valence-electron chi connectivity index (χ3n) is 2.85. The molecule has 0 saturated carbocycles. The van der Waals surface area contributed by atoms with Gasteiger partial charge in [0.25, 0.3) is 0 Å². The van der Waals surface area contributed by atoms with Crippen LogP contribution in [0.25, 0.3) is 0 Å². The molecule has 0 bridgehead atoms. The van der Waals surface area contributed by atoms with Crippen molar-refractivity contribution in [1.82, 2.24) is 0 Å². The Morgan fingerprint density at radius 2 is 1.93 bits per heavy atom. The summed E-state index contributed by atoms with van der Waals surface area (Å²) in [5.41, 5.74) is 1.34. The van der Waals surface area contributed by atoms with E-state index in [1.54, 1.807) is 0 Å². The molecule has 0 amide bonds. The second-order valence-electron chi connectivity index (χ2n) is 4.21. The second-order valence-corrected chi connectivity index (χ2v) is 5.73. The molecule has 2 heteroatoms. The topological polar surface area (TPSA) is 12.4 Å². The fourth-order valence-corrected chi connectivity index (χ4v) is 3.01. The molecule has 2 atom stereocenters. The third-order valence-corrected chi connectivity index (χ3v) is 4.26. The van der Waals surface area contributed by atoms with Crippen LogP contribution < -0.4 is 0 Å². The van der Waals surface area contributed by atoms with Gasteiger partial charge in [-0.05, 0) is 20.3 Å². The molecule has 1 aliphatic rings. The molecule has 0 N–H and O–H groups in total. The average molecular weight is 213 g/mol. The van der Waals surface area contributed by atoms with Crippen molar-refractivity contribution in [1.29, 1.82) is 0 Å². The molecular weight excluding hydrogens is 190 g/mol. The van der Waals surface area contributed by atoms with E-state index >= 15 is 0 Å². The van der Waals surface area contributed by atoms with Crippen molar-refractivity contribution < 1.29 is 0 Å². The fourth-order valence-electron chi connectivity index (χ4n) is 1.75. The monoisotopic (exact) mass is 213 g/mol. The molecular formula is C12H23NS. The Balaban J connectivity index is 2.03. The van der Waals surface area contributed by atoms with E-state index in [9.17, 15) is 0 Å². The summed E-state index contributed by atoms with van der Waals surface area (Å²) in [7, 11) is 0. The summed E-state index contributed by atoms with van der Waals surface area (Å²) < 4.78 is 0. The van der Waals surface area contributed by atoms with Crippen LogP contribution >= 0.6 is 11.8 Å². The molecule has 0 spiro atoms. The van der Waals surface area contributed by atoms with Crippen LogP contribution in [0.1, 0.15) is 59.3 Å². The highest BCUT2D eigenvalue weighted by molar-refractivity contribution is 8.01. The minimum atomic E-state index is 0.576. The van der Waals surface area contributed by atoms with E-state index in [1.165, 1.54) is 44.2 Å². The number of hydrogen-bond acceptors (Lipinski definition) is 2. The van der Waals surface area contributed by atoms with E-state index in [0.717, 1.165) is 0 Å². The first kappa shape index (κ1) is 12.1. The van der Waals surface area contributed by atoms with Gasteiger partial charge in [-0.2, -0.15) is 0 Å². The van der Waals surface area contributed by atoms with Gasteiger partial charge in [-0.15, -0.1) is 11.8 Å². The first-order valence-electron chi connectivity index (χ1n) is 5.93. The summed E-state index contributed by atoms with van der Waals surface area (Å²) in [5.74, 6) is 0. The smallest absolute Gasteiger partial charge is 0.0957 e. The van der Waals surface area contributed by atoms with Gasteiger partial charge in [0.05, 0.1) is 5.37 Å². The van der Waals surface area contributed by atoms with Crippen LogP contribution in [0.3, 0.4) is 0 Å². The predicted octanol–water partition coefficient (Wildman–Crippen LogP) is 4.27. The molecule has 0 aromatic carbocycles. The largest absolute Gasteiger partial charge is 0.279 e. The normalized spacial score (nSPS) is 26.6. The number of unbranched alkanes of at least 4 members (excludes halogenated alkanes) is 4. The molecule has 0 aliphatic carbocycles. The Hall–Kier alpha value is 0.0200. The number of hydrogen-bond donors (Lipinski definition) is 0. The number of nitrogens with zero attached hydrogens (tertiary/aromatic N) is 1. The standard InChI is InChI=1S/C12H23NS/c1-4-5-6-7-8-9-12-13-10(2)11(3)14-12/h11-12H,4-9H2,1-3H3/t11-,12+/m0/s1. The zero-order valence-corrected chi connectivity index (χ0v) is 10.6. The molecule has 14 heavy (non-hydrogen) atoms. The Morgan fingerprint density at radius 1 is 1.21 bits per heavy atom. The summed E-state index contributed by atoms with van der Waals surface area (Å²) in [4.78, 5) is 4.67. The maximum Gasteiger partial charge on any atom is 0.0957 e. The van der Waals surface area contributed by atoms with Crippen LogP contribution in [0.4, 0.5) is 0 Å². The second kappa shape index (κ2) is 6.49. The van der Waals surface area contributed by atoms with Gasteiger partial charge in [0.1, 0.15) is 0 Å². The van der Waals surface area contributed by atoms with Gasteiger partial charge in [-0.3, -0.25) is 4.99 Å². The minimum absolute atomic E-state index is 0.576. The van der Waals surface area contributed by atoms with Crippen molar-refractivity contribution in [2.24, 2.45) is 4.99 Å². The van der Waals surface area contributed by atoms with Crippen LogP contribution in [0.2, 0.25) is 0 Å². The van der Waals surface area contributed by atoms with E-state index in [4.69, 9.17) is 0 Å². The van der Waals surface area contributed by atoms with Crippen molar-refractivity contribution in [3.63, 3.8) is 0 Å². The summed E-state index contributed by atoms with van der Waals surface area (Å²) >= 11 is 2.03. The van der Waals surface area contributed by atoms with Crippen molar-refractivity contribution in [3.05, 3.63) is 0 Å². The number of thioether (sulfide) groups is 1. The van der Waals surface area contributed by atoms with E-state index in [-0.39, 0.29) is 0 Å². The Kier molecular flexibility index (Phi) is 5.61. The molecule has 82 valence electrons. The summed E-state index contributed by atoms with van der Waals surface area (Å²) in [6, 6.07) is 0. The summed E-state index contributed by atoms with van der Waals surface area (Å²) in [5, 5.41) is 1.24. The van der Waals surface area contributed by atoms with Gasteiger partial charge in [0.15, 0.2) is 0 Å². The minimum Gasteiger partial charge on any atom is -0.279 e. The van der Waals surface area contributed by atoms with Gasteiger partial charge in [0.2, 0.25) is 0 Å². The fraction of sp³-hybridized carbons (Fsp3) is 0.917. The molecule has 0 aromatic rings. The molecule has 0 aromatic heterocycles. The highest BCUT2D eigenvalue weighted by Crippen LogP contribution is 2.30. The van der Waals surface area contributed by atoms with Gasteiger partial charge in [0, 0.05) is 11.0 Å². The van der Waals surface area contributed by atoms with Crippen molar-refractivity contribution in [3.8, 4) is 0 Å². The van der Waals surface area contributed by atoms with Gasteiger partial charge < -0.3 is 0 Å². The van der Waals surface area contributed by atoms with Gasteiger partial charge in [-0.1, -0.05) is 39.0 Å². The SMILES string of the molecule is CCCCCCC[C@@H]1N=C(C)[C@H](C)S1. The lowest BCUT2D eigenvalue weighted by Gasteiger charge is -2.06. The van der Waals surface area contributed by atoms with Crippen LogP contribution in [0, 0.1) is 0 Å². The quantitative estimate of drug-likeness (QED) is 0.600. The molecule has 0 saturated heterocycles. The lowest BCUT2D eigenvalue weighted by atomic mass is 10.1. The molecule has 0 radical (unpaired) electrons. The van der Waals surface area contributed by atoms with Crippen molar-refractivity contribution in [2.75, 3.05) is 0 Å². The molecule has 0 unspecified atom stereocenters. The molecule has 1 nitrogen and oxygen atoms in total. The predicted molar refractivity (Wildman–Crippen MR) is 67.3 cm³/mol. The number of rotatable bonds is 6. The summed E-state index contributed by atoms with van der Waals surface area (Å²) in [6.07, 6.45) is 8.19. The average Bonchev–Trinajstić information content (AvgIpc) is 2.46. The van der Waals surface area contributed by atoms with E-state index in [0.29, 0.717) is 10.6 Å². The van der Waals surface area contributed by atoms with Gasteiger partial charge >= 0.3 is 0 Å². The first-order chi connectivity index (χ1) is 6.74. The van der Waals surface area contributed by atoms with E-state index < -0.39 is 0 Å². The van der Waals surface area contributed by atoms with E-state index in [1.807, 2.05) is 11.8 Å². The highest BCUT2D eigenvalue weighted by Gasteiger charge is 2.21. The molecule has 1 aliphatic heterocycles. The highest BCUT2D eigenvalue weighted by atomic mass is 32.2. The maximum atomic E-state index is 4.67. The van der Waals surface area contributed by atoms with Crippen LogP contribution in [-0.4, -0.2) is 16.3 Å². The van der Waals surface area contributed by atoms with Gasteiger partial charge in [-0.25, -0.2) is 0 Å². The zero-order valence-electron chi connectivity index (χ0n) is 9.75. The van der Waals surface area contributed by atoms with E-state index in [2.05, 4.69) is 25.8 Å². The zero-order chi connectivity index (χ0) is 10.4. The third kappa shape index (κ3) is 4.04. The Morgan fingerprint density at radius 3 is 2.50 bits per heavy atom. The maximum absolute atomic E-state index is 4.67. The lowest BCUT2D eigenvalue weighted by Crippen LogP contribution is -2.02. The summed E-state index contributed by atoms with van der Waals surface area (Å²) in [6.45, 7) is 6.69. The first-order valence-corrected chi connectivity index (χ1v) is 6.88. The number of aliphatic imine (C=N–C) groups is 1. The van der Waals surface area contributed by atoms with Crippen molar-refractivity contribution >= 4 is 17.5 Å². The molecule has 1 heterocycles. The van der Waals surface area contributed by atoms with Crippen LogP contribution in [0.5, 0.6) is 0 Å². The molecule has 0 fully saturated rings. The van der Waals surface area contributed by atoms with Crippen molar-refractivity contribution in [2.45, 2.75) is 69.9 Å². The lowest BCUT2D eigenvalue weighted by molar-refractivity contribution is 0.603. The Labute approximate surface area is 92.8 Å². The van der Waals surface area contributed by atoms with Crippen LogP contribution in [0.15, 0.2) is 4.99 Å².